The van der Waals surface area contributed by atoms with E-state index in [0.717, 1.165) is 30.1 Å². The van der Waals surface area contributed by atoms with Crippen LogP contribution in [-0.2, 0) is 11.2 Å². The summed E-state index contributed by atoms with van der Waals surface area (Å²) in [4.78, 5) is 19.3. The molecule has 2 aliphatic rings. The number of rotatable bonds is 3. The molecule has 1 amide bonds. The second kappa shape index (κ2) is 7.54. The third kappa shape index (κ3) is 3.78. The number of anilines is 2. The van der Waals surface area contributed by atoms with Crippen LogP contribution in [0.2, 0.25) is 5.02 Å². The minimum atomic E-state index is -0.246. The number of hydrogen-bond acceptors (Lipinski definition) is 4. The van der Waals surface area contributed by atoms with Crippen molar-refractivity contribution in [3.8, 4) is 5.75 Å². The van der Waals surface area contributed by atoms with E-state index in [1.807, 2.05) is 30.5 Å². The monoisotopic (exact) mass is 371 g/mol. The lowest BCUT2D eigenvalue weighted by molar-refractivity contribution is -0.121. The summed E-state index contributed by atoms with van der Waals surface area (Å²) < 4.78 is 5.70. The van der Waals surface area contributed by atoms with E-state index in [2.05, 4.69) is 15.2 Å². The van der Waals surface area contributed by atoms with Gasteiger partial charge in [0.05, 0.1) is 17.8 Å². The fraction of sp³-hybridized carbons (Fsp3) is 0.400. The molecule has 1 aromatic heterocycles. The van der Waals surface area contributed by atoms with Gasteiger partial charge in [-0.3, -0.25) is 4.79 Å². The first-order chi connectivity index (χ1) is 12.7. The predicted octanol–water partition coefficient (Wildman–Crippen LogP) is 3.92. The zero-order valence-corrected chi connectivity index (χ0v) is 15.3. The largest absolute Gasteiger partial charge is 0.492 e. The SMILES string of the molecule is O=C(Nc1ccc(N2CCCCC2)cn1)C1COc2ccc(Cl)cc2C1. The van der Waals surface area contributed by atoms with Crippen molar-refractivity contribution in [2.75, 3.05) is 29.9 Å². The number of aromatic nitrogens is 1. The summed E-state index contributed by atoms with van der Waals surface area (Å²) in [6, 6.07) is 9.42. The Hall–Kier alpha value is -2.27. The molecule has 2 aromatic rings. The van der Waals surface area contributed by atoms with Crippen LogP contribution in [0, 0.1) is 5.92 Å². The van der Waals surface area contributed by atoms with Crippen LogP contribution in [0.15, 0.2) is 36.5 Å². The highest BCUT2D eigenvalue weighted by atomic mass is 35.5. The van der Waals surface area contributed by atoms with Crippen molar-refractivity contribution < 1.29 is 9.53 Å². The number of pyridine rings is 1. The number of nitrogens with zero attached hydrogens (tertiary/aromatic N) is 2. The molecule has 1 unspecified atom stereocenters. The Morgan fingerprint density at radius 2 is 2.04 bits per heavy atom. The van der Waals surface area contributed by atoms with E-state index in [4.69, 9.17) is 16.3 Å². The standard InChI is InChI=1S/C20H22ClN3O2/c21-16-4-6-18-14(11-16)10-15(13-26-18)20(25)23-19-7-5-17(12-22-19)24-8-2-1-3-9-24/h4-7,11-12,15H,1-3,8-10,13H2,(H,22,23,25). The van der Waals surface area contributed by atoms with Gasteiger partial charge in [0, 0.05) is 18.1 Å². The maximum absolute atomic E-state index is 12.6. The van der Waals surface area contributed by atoms with Gasteiger partial charge in [0.25, 0.3) is 0 Å². The number of ether oxygens (including phenoxy) is 1. The highest BCUT2D eigenvalue weighted by Crippen LogP contribution is 2.30. The minimum Gasteiger partial charge on any atom is -0.492 e. The molecule has 0 aliphatic carbocycles. The van der Waals surface area contributed by atoms with Gasteiger partial charge in [0.1, 0.15) is 18.2 Å². The number of halogens is 1. The highest BCUT2D eigenvalue weighted by molar-refractivity contribution is 6.30. The van der Waals surface area contributed by atoms with Crippen LogP contribution < -0.4 is 15.0 Å². The minimum absolute atomic E-state index is 0.0751. The first-order valence-corrected chi connectivity index (χ1v) is 9.50. The zero-order valence-electron chi connectivity index (χ0n) is 14.6. The molecule has 26 heavy (non-hydrogen) atoms. The molecular weight excluding hydrogens is 350 g/mol. The summed E-state index contributed by atoms with van der Waals surface area (Å²) in [5, 5.41) is 3.56. The Morgan fingerprint density at radius 1 is 1.19 bits per heavy atom. The van der Waals surface area contributed by atoms with E-state index in [0.29, 0.717) is 23.9 Å². The van der Waals surface area contributed by atoms with Gasteiger partial charge >= 0.3 is 0 Å². The quantitative estimate of drug-likeness (QED) is 0.888. The highest BCUT2D eigenvalue weighted by Gasteiger charge is 2.26. The van der Waals surface area contributed by atoms with Crippen LogP contribution in [0.25, 0.3) is 0 Å². The number of piperidine rings is 1. The summed E-state index contributed by atoms with van der Waals surface area (Å²) in [5.41, 5.74) is 2.09. The molecule has 1 aromatic carbocycles. The summed E-state index contributed by atoms with van der Waals surface area (Å²) in [7, 11) is 0. The first kappa shape index (κ1) is 17.2. The molecule has 1 saturated heterocycles. The second-order valence-electron chi connectivity index (χ2n) is 6.90. The molecule has 1 fully saturated rings. The van der Waals surface area contributed by atoms with Gasteiger partial charge in [0.2, 0.25) is 5.91 Å². The average molecular weight is 372 g/mol. The summed E-state index contributed by atoms with van der Waals surface area (Å²) in [6.07, 6.45) is 6.22. The van der Waals surface area contributed by atoms with Gasteiger partial charge in [-0.05, 0) is 61.6 Å². The molecule has 1 atom stereocenters. The van der Waals surface area contributed by atoms with Crippen LogP contribution in [0.4, 0.5) is 11.5 Å². The normalized spacial score (nSPS) is 19.4. The first-order valence-electron chi connectivity index (χ1n) is 9.12. The molecule has 0 radical (unpaired) electrons. The molecule has 2 aliphatic heterocycles. The lowest BCUT2D eigenvalue weighted by Crippen LogP contribution is -2.33. The van der Waals surface area contributed by atoms with Crippen LogP contribution in [-0.4, -0.2) is 30.6 Å². The smallest absolute Gasteiger partial charge is 0.232 e. The van der Waals surface area contributed by atoms with Crippen molar-refractivity contribution in [2.24, 2.45) is 5.92 Å². The maximum atomic E-state index is 12.6. The molecule has 0 saturated carbocycles. The Morgan fingerprint density at radius 3 is 2.81 bits per heavy atom. The topological polar surface area (TPSA) is 54.5 Å². The zero-order chi connectivity index (χ0) is 17.9. The number of carbonyl (C=O) groups excluding carboxylic acids is 1. The summed E-state index contributed by atoms with van der Waals surface area (Å²) in [5.74, 6) is 1.06. The Labute approximate surface area is 158 Å². The van der Waals surface area contributed by atoms with Gasteiger partial charge < -0.3 is 15.0 Å². The predicted molar refractivity (Wildman–Crippen MR) is 103 cm³/mol. The molecule has 6 heteroatoms. The molecular formula is C20H22ClN3O2. The third-order valence-corrected chi connectivity index (χ3v) is 5.26. The van der Waals surface area contributed by atoms with Crippen molar-refractivity contribution in [1.82, 2.24) is 4.98 Å². The van der Waals surface area contributed by atoms with Gasteiger partial charge in [-0.1, -0.05) is 11.6 Å². The van der Waals surface area contributed by atoms with Crippen molar-refractivity contribution in [3.05, 3.63) is 47.1 Å². The number of fused-ring (bicyclic) bond motifs is 1. The number of nitrogens with one attached hydrogen (secondary N) is 1. The second-order valence-corrected chi connectivity index (χ2v) is 7.34. The van der Waals surface area contributed by atoms with Gasteiger partial charge in [-0.15, -0.1) is 0 Å². The molecule has 0 bridgehead atoms. The molecule has 136 valence electrons. The van der Waals surface area contributed by atoms with Crippen molar-refractivity contribution in [1.29, 1.82) is 0 Å². The van der Waals surface area contributed by atoms with Gasteiger partial charge in [-0.2, -0.15) is 0 Å². The van der Waals surface area contributed by atoms with E-state index in [9.17, 15) is 4.79 Å². The fourth-order valence-electron chi connectivity index (χ4n) is 3.56. The summed E-state index contributed by atoms with van der Waals surface area (Å²) in [6.45, 7) is 2.52. The van der Waals surface area contributed by atoms with E-state index in [1.54, 1.807) is 6.07 Å². The van der Waals surface area contributed by atoms with Crippen LogP contribution >= 0.6 is 11.6 Å². The lowest BCUT2D eigenvalue weighted by Gasteiger charge is -2.28. The molecule has 1 N–H and O–H groups in total. The third-order valence-electron chi connectivity index (χ3n) is 5.02. The number of amides is 1. The van der Waals surface area contributed by atoms with Crippen molar-refractivity contribution in [3.63, 3.8) is 0 Å². The Kier molecular flexibility index (Phi) is 4.98. The van der Waals surface area contributed by atoms with E-state index in [1.165, 1.54) is 19.3 Å². The van der Waals surface area contributed by atoms with Crippen molar-refractivity contribution >= 4 is 29.0 Å². The van der Waals surface area contributed by atoms with Gasteiger partial charge in [0.15, 0.2) is 0 Å². The molecule has 0 spiro atoms. The van der Waals surface area contributed by atoms with Crippen LogP contribution in [0.5, 0.6) is 5.75 Å². The molecule has 3 heterocycles. The van der Waals surface area contributed by atoms with E-state index >= 15 is 0 Å². The number of benzene rings is 1. The maximum Gasteiger partial charge on any atom is 0.232 e. The molecule has 5 nitrogen and oxygen atoms in total. The Balaban J connectivity index is 1.39. The van der Waals surface area contributed by atoms with E-state index in [-0.39, 0.29) is 11.8 Å². The Bertz CT molecular complexity index is 788. The summed E-state index contributed by atoms with van der Waals surface area (Å²) >= 11 is 6.04. The molecule has 4 rings (SSSR count). The van der Waals surface area contributed by atoms with E-state index < -0.39 is 0 Å². The number of hydrogen-bond donors (Lipinski definition) is 1. The lowest BCUT2D eigenvalue weighted by atomic mass is 9.96. The van der Waals surface area contributed by atoms with Crippen molar-refractivity contribution in [2.45, 2.75) is 25.7 Å². The van der Waals surface area contributed by atoms with Gasteiger partial charge in [-0.25, -0.2) is 4.98 Å². The average Bonchev–Trinajstić information content (AvgIpc) is 2.68. The van der Waals surface area contributed by atoms with Crippen LogP contribution in [0.3, 0.4) is 0 Å². The van der Waals surface area contributed by atoms with Crippen LogP contribution in [0.1, 0.15) is 24.8 Å². The number of carbonyl (C=O) groups is 1. The fourth-order valence-corrected chi connectivity index (χ4v) is 3.75.